The number of allylic oxidation sites excluding steroid dienone is 3. The molecule has 1 rings (SSSR count). The molecule has 1 unspecified atom stereocenters. The summed E-state index contributed by atoms with van der Waals surface area (Å²) in [6.45, 7) is 6.06. The van der Waals surface area contributed by atoms with Crippen molar-refractivity contribution < 1.29 is 0 Å². The van der Waals surface area contributed by atoms with Crippen molar-refractivity contribution in [1.29, 1.82) is 0 Å². The Morgan fingerprint density at radius 1 is 1.67 bits per heavy atom. The molecule has 1 aliphatic carbocycles. The molecule has 0 aliphatic heterocycles. The maximum Gasteiger partial charge on any atom is 0.0223 e. The normalized spacial score (nSPS) is 28.0. The van der Waals surface area contributed by atoms with Crippen molar-refractivity contribution in [3.8, 4) is 0 Å². The number of hydrogen-bond acceptors (Lipinski definition) is 0. The highest BCUT2D eigenvalue weighted by molar-refractivity contribution is 9.09. The molecule has 1 atom stereocenters. The minimum absolute atomic E-state index is 0.634. The van der Waals surface area contributed by atoms with E-state index in [1.807, 2.05) is 0 Å². The molecule has 0 saturated carbocycles. The van der Waals surface area contributed by atoms with Crippen molar-refractivity contribution in [1.82, 2.24) is 0 Å². The van der Waals surface area contributed by atoms with Gasteiger partial charge in [0.2, 0.25) is 0 Å². The summed E-state index contributed by atoms with van der Waals surface area (Å²) in [5.41, 5.74) is 2.69. The Morgan fingerprint density at radius 3 is 2.78 bits per heavy atom. The molecular formula is C8H11Br. The summed E-state index contributed by atoms with van der Waals surface area (Å²) in [5, 5.41) is 0. The lowest BCUT2D eigenvalue weighted by Crippen LogP contribution is -2.04. The van der Waals surface area contributed by atoms with Gasteiger partial charge in [0, 0.05) is 4.83 Å². The second kappa shape index (κ2) is 2.70. The molecule has 1 heteroatoms. The molecule has 0 aromatic rings. The van der Waals surface area contributed by atoms with E-state index in [1.54, 1.807) is 0 Å². The van der Waals surface area contributed by atoms with Crippen LogP contribution in [0.4, 0.5) is 0 Å². The molecule has 0 bridgehead atoms. The van der Waals surface area contributed by atoms with Gasteiger partial charge < -0.3 is 0 Å². The third kappa shape index (κ3) is 1.98. The predicted octanol–water partition coefficient (Wildman–Crippen LogP) is 3.05. The van der Waals surface area contributed by atoms with E-state index < -0.39 is 0 Å². The highest BCUT2D eigenvalue weighted by Gasteiger charge is 2.10. The largest absolute Gasteiger partial charge is 0.0958 e. The van der Waals surface area contributed by atoms with Crippen LogP contribution in [0.3, 0.4) is 0 Å². The number of halogens is 1. The van der Waals surface area contributed by atoms with Crippen molar-refractivity contribution >= 4 is 15.9 Å². The second-order valence-corrected chi connectivity index (χ2v) is 3.95. The molecule has 0 saturated heterocycles. The van der Waals surface area contributed by atoms with Crippen LogP contribution in [0, 0.1) is 0 Å². The Kier molecular flexibility index (Phi) is 2.12. The Bertz CT molecular complexity index is 156. The highest BCUT2D eigenvalue weighted by atomic mass is 79.9. The summed E-state index contributed by atoms with van der Waals surface area (Å²) < 4.78 is 0. The van der Waals surface area contributed by atoms with Gasteiger partial charge in [-0.05, 0) is 19.8 Å². The predicted molar refractivity (Wildman–Crippen MR) is 44.8 cm³/mol. The van der Waals surface area contributed by atoms with Crippen molar-refractivity contribution in [2.24, 2.45) is 0 Å². The average Bonchev–Trinajstić information content (AvgIpc) is 1.59. The maximum atomic E-state index is 3.91. The summed E-state index contributed by atoms with van der Waals surface area (Å²) >= 11 is 3.57. The molecule has 0 N–H and O–H groups in total. The first-order chi connectivity index (χ1) is 4.18. The van der Waals surface area contributed by atoms with Crippen LogP contribution in [0.25, 0.3) is 0 Å². The van der Waals surface area contributed by atoms with E-state index >= 15 is 0 Å². The van der Waals surface area contributed by atoms with E-state index in [2.05, 4.69) is 35.5 Å². The minimum Gasteiger partial charge on any atom is -0.0958 e. The third-order valence-corrected chi connectivity index (χ3v) is 2.13. The van der Waals surface area contributed by atoms with E-state index in [9.17, 15) is 0 Å². The Morgan fingerprint density at radius 2 is 2.33 bits per heavy atom. The summed E-state index contributed by atoms with van der Waals surface area (Å²) in [7, 11) is 0. The quantitative estimate of drug-likeness (QED) is 0.511. The summed E-state index contributed by atoms with van der Waals surface area (Å²) in [4.78, 5) is 0.634. The van der Waals surface area contributed by atoms with E-state index in [4.69, 9.17) is 0 Å². The van der Waals surface area contributed by atoms with E-state index in [1.165, 1.54) is 17.6 Å². The molecule has 9 heavy (non-hydrogen) atoms. The van der Waals surface area contributed by atoms with Gasteiger partial charge in [-0.15, -0.1) is 0 Å². The first kappa shape index (κ1) is 7.07. The monoisotopic (exact) mass is 186 g/mol. The van der Waals surface area contributed by atoms with Crippen LogP contribution < -0.4 is 0 Å². The molecule has 1 aliphatic rings. The Balaban J connectivity index is 2.67. The van der Waals surface area contributed by atoms with Gasteiger partial charge in [0.15, 0.2) is 0 Å². The number of alkyl halides is 1. The van der Waals surface area contributed by atoms with E-state index in [-0.39, 0.29) is 0 Å². The van der Waals surface area contributed by atoms with Gasteiger partial charge in [-0.2, -0.15) is 0 Å². The van der Waals surface area contributed by atoms with E-state index in [0.717, 1.165) is 6.42 Å². The molecule has 0 aromatic heterocycles. The maximum absolute atomic E-state index is 3.91. The van der Waals surface area contributed by atoms with Crippen LogP contribution in [-0.2, 0) is 0 Å². The second-order valence-electron chi connectivity index (χ2n) is 2.65. The van der Waals surface area contributed by atoms with Gasteiger partial charge in [0.25, 0.3) is 0 Å². The summed E-state index contributed by atoms with van der Waals surface area (Å²) in [6.07, 6.45) is 4.47. The molecule has 0 radical (unpaired) electrons. The Hall–Kier alpha value is -0.0400. The van der Waals surface area contributed by atoms with Crippen molar-refractivity contribution in [2.75, 3.05) is 0 Å². The fraction of sp³-hybridized carbons (Fsp3) is 0.500. The van der Waals surface area contributed by atoms with Crippen LogP contribution in [0.2, 0.25) is 0 Å². The third-order valence-electron chi connectivity index (χ3n) is 1.48. The van der Waals surface area contributed by atoms with E-state index in [0.29, 0.717) is 4.83 Å². The van der Waals surface area contributed by atoms with Gasteiger partial charge in [-0.3, -0.25) is 0 Å². The van der Waals surface area contributed by atoms with Gasteiger partial charge in [0.1, 0.15) is 0 Å². The first-order valence-corrected chi connectivity index (χ1v) is 4.09. The van der Waals surface area contributed by atoms with Crippen LogP contribution >= 0.6 is 15.9 Å². The van der Waals surface area contributed by atoms with Crippen molar-refractivity contribution in [2.45, 2.75) is 24.6 Å². The van der Waals surface area contributed by atoms with Crippen LogP contribution in [0.5, 0.6) is 0 Å². The molecule has 0 amide bonds. The molecule has 0 heterocycles. The smallest absolute Gasteiger partial charge is 0.0223 e. The Labute approximate surface area is 64.8 Å². The molecule has 50 valence electrons. The van der Waals surface area contributed by atoms with Crippen LogP contribution in [0.15, 0.2) is 23.8 Å². The van der Waals surface area contributed by atoms with Gasteiger partial charge >= 0.3 is 0 Å². The lowest BCUT2D eigenvalue weighted by Gasteiger charge is -2.16. The topological polar surface area (TPSA) is 0 Å². The molecular weight excluding hydrogens is 176 g/mol. The van der Waals surface area contributed by atoms with Gasteiger partial charge in [-0.25, -0.2) is 0 Å². The zero-order valence-corrected chi connectivity index (χ0v) is 7.24. The average molecular weight is 187 g/mol. The lowest BCUT2D eigenvalue weighted by molar-refractivity contribution is 0.818. The SMILES string of the molecule is C=C1C=C(C)CC(Br)C1. The fourth-order valence-electron chi connectivity index (χ4n) is 1.17. The highest BCUT2D eigenvalue weighted by Crippen LogP contribution is 2.26. The summed E-state index contributed by atoms with van der Waals surface area (Å²) in [6, 6.07) is 0. The zero-order valence-electron chi connectivity index (χ0n) is 5.65. The van der Waals surface area contributed by atoms with Crippen molar-refractivity contribution in [3.05, 3.63) is 23.8 Å². The first-order valence-electron chi connectivity index (χ1n) is 3.17. The summed E-state index contributed by atoms with van der Waals surface area (Å²) in [5.74, 6) is 0. The van der Waals surface area contributed by atoms with Crippen molar-refractivity contribution in [3.63, 3.8) is 0 Å². The zero-order chi connectivity index (χ0) is 6.85. The van der Waals surface area contributed by atoms with Gasteiger partial charge in [0.05, 0.1) is 0 Å². The number of rotatable bonds is 0. The molecule has 0 aromatic carbocycles. The van der Waals surface area contributed by atoms with Crippen LogP contribution in [-0.4, -0.2) is 4.83 Å². The standard InChI is InChI=1S/C8H11Br/c1-6-3-7(2)5-8(9)4-6/h3,8H,1,4-5H2,2H3. The number of hydrogen-bond donors (Lipinski definition) is 0. The van der Waals surface area contributed by atoms with Crippen LogP contribution in [0.1, 0.15) is 19.8 Å². The molecule has 0 spiro atoms. The molecule has 0 fully saturated rings. The lowest BCUT2D eigenvalue weighted by atomic mass is 9.98. The van der Waals surface area contributed by atoms with Gasteiger partial charge in [-0.1, -0.05) is 39.7 Å². The minimum atomic E-state index is 0.634. The fourth-order valence-corrected chi connectivity index (χ4v) is 2.10. The molecule has 0 nitrogen and oxygen atoms in total.